The minimum Gasteiger partial charge on any atom is -0.294 e. The fourth-order valence-corrected chi connectivity index (χ4v) is 4.59. The van der Waals surface area contributed by atoms with Crippen LogP contribution >= 0.6 is 38.9 Å². The van der Waals surface area contributed by atoms with Crippen molar-refractivity contribution in [1.82, 2.24) is 9.38 Å². The molecule has 2 aromatic heterocycles. The number of aromatic nitrogens is 2. The van der Waals surface area contributed by atoms with Gasteiger partial charge in [0.25, 0.3) is 0 Å². The van der Waals surface area contributed by atoms with Crippen LogP contribution in [-0.2, 0) is 12.8 Å². The van der Waals surface area contributed by atoms with E-state index in [1.54, 1.807) is 0 Å². The molecule has 2 heterocycles. The lowest BCUT2D eigenvalue weighted by molar-refractivity contribution is 0.888. The molecule has 0 unspecified atom stereocenters. The number of imidazole rings is 1. The van der Waals surface area contributed by atoms with Crippen molar-refractivity contribution in [2.75, 3.05) is 0 Å². The second kappa shape index (κ2) is 4.33. The topological polar surface area (TPSA) is 17.3 Å². The number of hydrogen-bond acceptors (Lipinski definition) is 2. The van der Waals surface area contributed by atoms with Gasteiger partial charge in [0.1, 0.15) is 0 Å². The maximum atomic E-state index is 6.30. The fraction of sp³-hybridized carbons (Fsp3) is 0.214. The highest BCUT2D eigenvalue weighted by Crippen LogP contribution is 2.35. The van der Waals surface area contributed by atoms with Gasteiger partial charge in [-0.2, -0.15) is 0 Å². The third kappa shape index (κ3) is 1.85. The van der Waals surface area contributed by atoms with Gasteiger partial charge < -0.3 is 0 Å². The third-order valence-corrected chi connectivity index (χ3v) is 5.49. The summed E-state index contributed by atoms with van der Waals surface area (Å²) >= 11 is 11.5. The first-order valence-electron chi connectivity index (χ1n) is 6.17. The van der Waals surface area contributed by atoms with Crippen LogP contribution < -0.4 is 0 Å². The summed E-state index contributed by atoms with van der Waals surface area (Å²) in [5.74, 6) is 0. The molecule has 0 spiro atoms. The van der Waals surface area contributed by atoms with Crippen molar-refractivity contribution >= 4 is 43.8 Å². The van der Waals surface area contributed by atoms with Crippen LogP contribution in [0.4, 0.5) is 0 Å². The molecule has 96 valence electrons. The SMILES string of the molecule is Clc1cc(Br)ccc1-c1cn2c3c(sc2n1)CCC3. The average molecular weight is 354 g/mol. The molecular formula is C14H10BrClN2S. The van der Waals surface area contributed by atoms with E-state index in [1.807, 2.05) is 29.5 Å². The van der Waals surface area contributed by atoms with Crippen LogP contribution in [0.1, 0.15) is 17.0 Å². The van der Waals surface area contributed by atoms with E-state index in [1.165, 1.54) is 29.8 Å². The van der Waals surface area contributed by atoms with Gasteiger partial charge in [-0.3, -0.25) is 4.40 Å². The maximum Gasteiger partial charge on any atom is 0.194 e. The number of thiazole rings is 1. The molecule has 0 amide bonds. The number of fused-ring (bicyclic) bond motifs is 3. The van der Waals surface area contributed by atoms with Gasteiger partial charge in [-0.15, -0.1) is 11.3 Å². The molecule has 5 heteroatoms. The summed E-state index contributed by atoms with van der Waals surface area (Å²) in [6.45, 7) is 0. The van der Waals surface area contributed by atoms with Crippen LogP contribution in [-0.4, -0.2) is 9.38 Å². The fourth-order valence-electron chi connectivity index (χ4n) is 2.63. The van der Waals surface area contributed by atoms with Crippen molar-refractivity contribution in [1.29, 1.82) is 0 Å². The van der Waals surface area contributed by atoms with Gasteiger partial charge in [0.15, 0.2) is 4.96 Å². The second-order valence-corrected chi connectivity index (χ2v) is 7.11. The van der Waals surface area contributed by atoms with Crippen LogP contribution in [0.25, 0.3) is 16.2 Å². The summed E-state index contributed by atoms with van der Waals surface area (Å²) < 4.78 is 3.23. The van der Waals surface area contributed by atoms with Crippen LogP contribution in [0.5, 0.6) is 0 Å². The summed E-state index contributed by atoms with van der Waals surface area (Å²) in [5.41, 5.74) is 3.39. The molecule has 1 aliphatic rings. The summed E-state index contributed by atoms with van der Waals surface area (Å²) in [7, 11) is 0. The Morgan fingerprint density at radius 2 is 2.21 bits per heavy atom. The van der Waals surface area contributed by atoms with Crippen molar-refractivity contribution in [3.8, 4) is 11.3 Å². The van der Waals surface area contributed by atoms with Gasteiger partial charge in [0, 0.05) is 26.8 Å². The highest BCUT2D eigenvalue weighted by atomic mass is 79.9. The number of benzene rings is 1. The third-order valence-electron chi connectivity index (χ3n) is 3.53. The summed E-state index contributed by atoms with van der Waals surface area (Å²) in [6, 6.07) is 5.92. The summed E-state index contributed by atoms with van der Waals surface area (Å²) in [4.78, 5) is 7.30. The molecule has 3 aromatic rings. The van der Waals surface area contributed by atoms with Crippen molar-refractivity contribution in [2.45, 2.75) is 19.3 Å². The number of nitrogens with zero attached hydrogens (tertiary/aromatic N) is 2. The average Bonchev–Trinajstić information content (AvgIpc) is 2.99. The van der Waals surface area contributed by atoms with E-state index < -0.39 is 0 Å². The van der Waals surface area contributed by atoms with Gasteiger partial charge in [-0.1, -0.05) is 33.6 Å². The van der Waals surface area contributed by atoms with E-state index in [9.17, 15) is 0 Å². The monoisotopic (exact) mass is 352 g/mol. The Balaban J connectivity index is 1.89. The van der Waals surface area contributed by atoms with Gasteiger partial charge in [0.2, 0.25) is 0 Å². The van der Waals surface area contributed by atoms with E-state index >= 15 is 0 Å². The minimum absolute atomic E-state index is 0.733. The van der Waals surface area contributed by atoms with Gasteiger partial charge in [-0.05, 0) is 31.4 Å². The normalized spacial score (nSPS) is 14.2. The smallest absolute Gasteiger partial charge is 0.194 e. The Bertz CT molecular complexity index is 790. The van der Waals surface area contributed by atoms with E-state index in [0.717, 1.165) is 25.7 Å². The molecule has 19 heavy (non-hydrogen) atoms. The molecule has 1 aromatic carbocycles. The molecule has 0 radical (unpaired) electrons. The van der Waals surface area contributed by atoms with E-state index in [-0.39, 0.29) is 0 Å². The van der Waals surface area contributed by atoms with Crippen molar-refractivity contribution in [3.63, 3.8) is 0 Å². The van der Waals surface area contributed by atoms with Crippen LogP contribution in [0, 0.1) is 0 Å². The first-order chi connectivity index (χ1) is 9.22. The van der Waals surface area contributed by atoms with E-state index in [0.29, 0.717) is 0 Å². The lowest BCUT2D eigenvalue weighted by atomic mass is 10.2. The Hall–Kier alpha value is -0.840. The zero-order chi connectivity index (χ0) is 13.0. The molecule has 0 saturated heterocycles. The molecule has 0 aliphatic heterocycles. The molecule has 0 N–H and O–H groups in total. The number of aryl methyl sites for hydroxylation is 2. The van der Waals surface area contributed by atoms with Crippen LogP contribution in [0.3, 0.4) is 0 Å². The molecule has 4 rings (SSSR count). The van der Waals surface area contributed by atoms with Crippen molar-refractivity contribution in [2.24, 2.45) is 0 Å². The number of halogens is 2. The van der Waals surface area contributed by atoms with Gasteiger partial charge in [0.05, 0.1) is 10.7 Å². The molecular weight excluding hydrogens is 344 g/mol. The van der Waals surface area contributed by atoms with Gasteiger partial charge >= 0.3 is 0 Å². The van der Waals surface area contributed by atoms with E-state index in [2.05, 4.69) is 26.5 Å². The summed E-state index contributed by atoms with van der Waals surface area (Å²) in [6.07, 6.45) is 5.76. The Labute approximate surface area is 128 Å². The lowest BCUT2D eigenvalue weighted by Crippen LogP contribution is -1.85. The molecule has 0 bridgehead atoms. The Morgan fingerprint density at radius 1 is 1.32 bits per heavy atom. The minimum atomic E-state index is 0.733. The predicted molar refractivity (Wildman–Crippen MR) is 83.2 cm³/mol. The molecule has 0 atom stereocenters. The zero-order valence-electron chi connectivity index (χ0n) is 9.99. The van der Waals surface area contributed by atoms with Gasteiger partial charge in [-0.25, -0.2) is 4.98 Å². The van der Waals surface area contributed by atoms with Crippen LogP contribution in [0.15, 0.2) is 28.9 Å². The van der Waals surface area contributed by atoms with E-state index in [4.69, 9.17) is 16.6 Å². The standard InChI is InChI=1S/C14H10BrClN2S/c15-8-4-5-9(10(16)6-8)11-7-18-12-2-1-3-13(12)19-14(18)17-11/h4-7H,1-3H2. The number of rotatable bonds is 1. The predicted octanol–water partition coefficient (Wildman–Crippen LogP) is 4.97. The maximum absolute atomic E-state index is 6.30. The number of hydrogen-bond donors (Lipinski definition) is 0. The zero-order valence-corrected chi connectivity index (χ0v) is 13.1. The molecule has 0 saturated carbocycles. The molecule has 0 fully saturated rings. The molecule has 1 aliphatic carbocycles. The largest absolute Gasteiger partial charge is 0.294 e. The highest BCUT2D eigenvalue weighted by molar-refractivity contribution is 9.10. The quantitative estimate of drug-likeness (QED) is 0.604. The van der Waals surface area contributed by atoms with Crippen molar-refractivity contribution < 1.29 is 0 Å². The lowest BCUT2D eigenvalue weighted by Gasteiger charge is -2.00. The Kier molecular flexibility index (Phi) is 2.72. The first kappa shape index (κ1) is 11.9. The second-order valence-electron chi connectivity index (χ2n) is 4.73. The van der Waals surface area contributed by atoms with Crippen LogP contribution in [0.2, 0.25) is 5.02 Å². The highest BCUT2D eigenvalue weighted by Gasteiger charge is 2.20. The first-order valence-corrected chi connectivity index (χ1v) is 8.16. The van der Waals surface area contributed by atoms with Crippen molar-refractivity contribution in [3.05, 3.63) is 44.5 Å². The Morgan fingerprint density at radius 3 is 3.05 bits per heavy atom. The summed E-state index contributed by atoms with van der Waals surface area (Å²) in [5, 5.41) is 0.733. The molecule has 2 nitrogen and oxygen atoms in total.